The third-order valence-electron chi connectivity index (χ3n) is 12.0. The lowest BCUT2D eigenvalue weighted by Gasteiger charge is -2.28. The number of benzene rings is 1. The number of aliphatic imine (C=N–C) groups is 1. The molecule has 1 aromatic carbocycles. The van der Waals surface area contributed by atoms with Gasteiger partial charge in [-0.3, -0.25) is 43.3 Å². The van der Waals surface area contributed by atoms with E-state index in [1.165, 1.54) is 19.4 Å². The number of nitrogens with zero attached hydrogens (tertiary/aromatic N) is 2. The molecule has 426 valence electrons. The Bertz CT molecular complexity index is 2480. The number of hydrogen-bond acceptors (Lipinski definition) is 14. The average Bonchev–Trinajstić information content (AvgIpc) is 4.04. The van der Waals surface area contributed by atoms with Crippen LogP contribution in [0, 0.1) is 17.8 Å². The van der Waals surface area contributed by atoms with Gasteiger partial charge in [0.05, 0.1) is 19.5 Å². The number of aromatic amines is 2. The van der Waals surface area contributed by atoms with Crippen LogP contribution in [-0.4, -0.2) is 164 Å². The molecule has 0 bridgehead atoms. The monoisotopic (exact) mass is 1080 g/mol. The van der Waals surface area contributed by atoms with Crippen molar-refractivity contribution in [3.8, 4) is 0 Å². The van der Waals surface area contributed by atoms with E-state index in [4.69, 9.17) is 17.2 Å². The molecule has 0 aliphatic carbocycles. The minimum absolute atomic E-state index is 0.0113. The maximum Gasteiger partial charge on any atom is 0.326 e. The fourth-order valence-electron chi connectivity index (χ4n) is 8.02. The molecular formula is C50H79N15O12. The standard InChI is InChI=1S/C50H79N15O12/c1-25(2)15-35(60-42(69)32(51)22-66)45(72)61-36(16-26(3)4)46(73)65-40(23-67)48(75)63-38(19-30-21-54-24-57-30)47(74)59-34(13-10-14-55-50(52)53)43(70)62-37(18-29-20-56-33-12-9-8-11-31(29)33)44(71)58-28(7)41(68)64-39(49(76)77)17-27(5)6/h8-9,11-12,20-21,24-28,32,34-40,56,66-67H,10,13-19,22-23,51H2,1-7H3,(H,54,57)(H,58,71)(H,59,74)(H,60,69)(H,61,72)(H,62,70)(H,63,75)(H,64,68)(H,65,73)(H,76,77)(H4,52,53,55)/t28-,32-,34-,35-,36-,37-,38-,39-,40-/m0/s1. The number of nitrogens with two attached hydrogens (primary N) is 3. The van der Waals surface area contributed by atoms with Crippen LogP contribution in [0.1, 0.15) is 91.8 Å². The Morgan fingerprint density at radius 2 is 1.06 bits per heavy atom. The summed E-state index contributed by atoms with van der Waals surface area (Å²) in [7, 11) is 0. The van der Waals surface area contributed by atoms with E-state index in [0.29, 0.717) is 11.3 Å². The zero-order valence-electron chi connectivity index (χ0n) is 44.7. The van der Waals surface area contributed by atoms with Gasteiger partial charge in [0.2, 0.25) is 47.3 Å². The summed E-state index contributed by atoms with van der Waals surface area (Å²) in [5.41, 5.74) is 18.4. The first-order valence-electron chi connectivity index (χ1n) is 25.5. The first-order valence-corrected chi connectivity index (χ1v) is 25.5. The van der Waals surface area contributed by atoms with Crippen LogP contribution in [0.25, 0.3) is 10.9 Å². The third-order valence-corrected chi connectivity index (χ3v) is 12.0. The number of carboxylic acids is 1. The van der Waals surface area contributed by atoms with Crippen LogP contribution in [0.15, 0.2) is 48.0 Å². The highest BCUT2D eigenvalue weighted by molar-refractivity contribution is 5.98. The fraction of sp³-hybridized carbons (Fsp3) is 0.580. The average molecular weight is 1080 g/mol. The second kappa shape index (κ2) is 31.4. The molecule has 2 aromatic heterocycles. The molecule has 3 rings (SSSR count). The lowest BCUT2D eigenvalue weighted by molar-refractivity contribution is -0.142. The van der Waals surface area contributed by atoms with Crippen molar-refractivity contribution < 1.29 is 58.5 Å². The number of nitrogens with one attached hydrogen (secondary N) is 10. The van der Waals surface area contributed by atoms with Gasteiger partial charge < -0.3 is 85.0 Å². The van der Waals surface area contributed by atoms with Crippen LogP contribution < -0.4 is 59.7 Å². The smallest absolute Gasteiger partial charge is 0.326 e. The summed E-state index contributed by atoms with van der Waals surface area (Å²) in [6.45, 7) is 10.5. The van der Waals surface area contributed by atoms with Crippen molar-refractivity contribution in [1.82, 2.24) is 57.5 Å². The predicted molar refractivity (Wildman–Crippen MR) is 283 cm³/mol. The number of carbonyl (C=O) groups excluding carboxylic acids is 8. The van der Waals surface area contributed by atoms with Gasteiger partial charge in [-0.1, -0.05) is 59.7 Å². The maximum atomic E-state index is 14.5. The van der Waals surface area contributed by atoms with Gasteiger partial charge in [-0.25, -0.2) is 9.78 Å². The summed E-state index contributed by atoms with van der Waals surface area (Å²) < 4.78 is 0. The summed E-state index contributed by atoms with van der Waals surface area (Å²) in [6.07, 6.45) is 4.27. The van der Waals surface area contributed by atoms with Crippen LogP contribution in [0.5, 0.6) is 0 Å². The number of imidazole rings is 1. The highest BCUT2D eigenvalue weighted by atomic mass is 16.4. The molecule has 0 aliphatic heterocycles. The molecule has 77 heavy (non-hydrogen) atoms. The predicted octanol–water partition coefficient (Wildman–Crippen LogP) is -2.84. The molecule has 8 amide bonds. The van der Waals surface area contributed by atoms with E-state index in [1.807, 2.05) is 6.07 Å². The fourth-order valence-corrected chi connectivity index (χ4v) is 8.02. The molecule has 27 nitrogen and oxygen atoms in total. The molecule has 27 heteroatoms. The van der Waals surface area contributed by atoms with E-state index in [9.17, 15) is 58.5 Å². The van der Waals surface area contributed by atoms with Crippen molar-refractivity contribution in [2.45, 2.75) is 148 Å². The summed E-state index contributed by atoms with van der Waals surface area (Å²) in [6, 6.07) is -5.12. The van der Waals surface area contributed by atoms with Gasteiger partial charge in [0.15, 0.2) is 5.96 Å². The highest BCUT2D eigenvalue weighted by Gasteiger charge is 2.35. The number of aliphatic hydroxyl groups is 2. The van der Waals surface area contributed by atoms with Gasteiger partial charge in [-0.05, 0) is 68.4 Å². The van der Waals surface area contributed by atoms with Crippen LogP contribution >= 0.6 is 0 Å². The van der Waals surface area contributed by atoms with Crippen LogP contribution in [0.2, 0.25) is 0 Å². The second-order valence-electron chi connectivity index (χ2n) is 20.2. The molecule has 3 aromatic rings. The number of guanidine groups is 1. The van der Waals surface area contributed by atoms with Crippen molar-refractivity contribution in [1.29, 1.82) is 0 Å². The molecule has 0 spiro atoms. The Kier molecular flexibility index (Phi) is 26.0. The SMILES string of the molecule is CC(C)C[C@H](NC(=O)[C@H](C)NC(=O)[C@H](Cc1c[nH]c2ccccc12)NC(=O)[C@H](CCCN=C(N)N)NC(=O)[C@H](Cc1cnc[nH]1)NC(=O)[C@H](CO)NC(=O)[C@H](CC(C)C)NC(=O)[C@H](CC(C)C)NC(=O)[C@@H](N)CO)C(=O)O. The number of para-hydroxylation sites is 1. The molecule has 0 aliphatic rings. The Morgan fingerprint density at radius 1 is 0.584 bits per heavy atom. The Morgan fingerprint density at radius 3 is 1.61 bits per heavy atom. The number of carboxylic acid groups (broad SMARTS) is 1. The van der Waals surface area contributed by atoms with Crippen molar-refractivity contribution in [3.05, 3.63) is 54.2 Å². The molecular weight excluding hydrogens is 1000 g/mol. The Balaban J connectivity index is 1.94. The van der Waals surface area contributed by atoms with Crippen molar-refractivity contribution in [3.63, 3.8) is 0 Å². The number of fused-ring (bicyclic) bond motifs is 1. The minimum Gasteiger partial charge on any atom is -0.480 e. The van der Waals surface area contributed by atoms with Gasteiger partial charge in [-0.2, -0.15) is 0 Å². The van der Waals surface area contributed by atoms with Gasteiger partial charge in [0.25, 0.3) is 0 Å². The topological polar surface area (TPSA) is 445 Å². The van der Waals surface area contributed by atoms with Gasteiger partial charge >= 0.3 is 5.97 Å². The number of amides is 8. The van der Waals surface area contributed by atoms with Crippen LogP contribution in [0.4, 0.5) is 0 Å². The van der Waals surface area contributed by atoms with Gasteiger partial charge in [0, 0.05) is 48.4 Å². The molecule has 0 radical (unpaired) electrons. The van der Waals surface area contributed by atoms with Crippen LogP contribution in [-0.2, 0) is 56.0 Å². The molecule has 9 atom stereocenters. The number of aliphatic hydroxyl groups excluding tert-OH is 2. The molecule has 2 heterocycles. The first kappa shape index (κ1) is 63.6. The second-order valence-corrected chi connectivity index (χ2v) is 20.2. The number of hydrogen-bond donors (Lipinski definition) is 16. The van der Waals surface area contributed by atoms with E-state index < -0.39 is 121 Å². The first-order chi connectivity index (χ1) is 36.3. The Labute approximate surface area is 446 Å². The number of aliphatic carboxylic acids is 1. The largest absolute Gasteiger partial charge is 0.480 e. The number of aromatic nitrogens is 3. The molecule has 0 saturated heterocycles. The van der Waals surface area contributed by atoms with Crippen molar-refractivity contribution in [2.24, 2.45) is 39.9 Å². The number of rotatable bonds is 33. The lowest BCUT2D eigenvalue weighted by Crippen LogP contribution is -2.61. The molecule has 0 saturated carbocycles. The van der Waals surface area contributed by atoms with E-state index >= 15 is 0 Å². The van der Waals surface area contributed by atoms with E-state index in [-0.39, 0.29) is 75.2 Å². The zero-order valence-corrected chi connectivity index (χ0v) is 44.7. The Hall–Kier alpha value is -7.65. The third kappa shape index (κ3) is 21.5. The maximum absolute atomic E-state index is 14.5. The van der Waals surface area contributed by atoms with E-state index in [1.54, 1.807) is 65.9 Å². The van der Waals surface area contributed by atoms with Crippen molar-refractivity contribution >= 4 is 70.1 Å². The lowest BCUT2D eigenvalue weighted by atomic mass is 9.99. The number of carbonyl (C=O) groups is 9. The molecule has 0 fully saturated rings. The van der Waals surface area contributed by atoms with Gasteiger partial charge in [-0.15, -0.1) is 0 Å². The van der Waals surface area contributed by atoms with E-state index in [0.717, 1.165) is 10.9 Å². The summed E-state index contributed by atoms with van der Waals surface area (Å²) >= 11 is 0. The van der Waals surface area contributed by atoms with E-state index in [2.05, 4.69) is 62.5 Å². The normalized spacial score (nSPS) is 14.9. The van der Waals surface area contributed by atoms with Gasteiger partial charge in [0.1, 0.15) is 54.4 Å². The minimum atomic E-state index is -1.70. The summed E-state index contributed by atoms with van der Waals surface area (Å²) in [5.74, 6) is -8.76. The quantitative estimate of drug-likeness (QED) is 0.0166. The molecule has 0 unspecified atom stereocenters. The summed E-state index contributed by atoms with van der Waals surface area (Å²) in [5, 5.41) is 50.8. The van der Waals surface area contributed by atoms with Crippen molar-refractivity contribution in [2.75, 3.05) is 19.8 Å². The summed E-state index contributed by atoms with van der Waals surface area (Å²) in [4.78, 5) is 136. The van der Waals surface area contributed by atoms with Crippen LogP contribution in [0.3, 0.4) is 0 Å². The number of H-pyrrole nitrogens is 2. The highest BCUT2D eigenvalue weighted by Crippen LogP contribution is 2.20. The zero-order chi connectivity index (χ0) is 57.5. The molecule has 19 N–H and O–H groups in total.